The highest BCUT2D eigenvalue weighted by atomic mass is 16.5. The molecule has 0 atom stereocenters. The lowest BCUT2D eigenvalue weighted by atomic mass is 10.0. The first-order chi connectivity index (χ1) is 11.2. The van der Waals surface area contributed by atoms with E-state index in [1.165, 1.54) is 0 Å². The van der Waals surface area contributed by atoms with Crippen LogP contribution in [0.15, 0.2) is 30.3 Å². The summed E-state index contributed by atoms with van der Waals surface area (Å²) in [5, 5.41) is 5.86. The van der Waals surface area contributed by atoms with Crippen molar-refractivity contribution in [2.75, 3.05) is 23.8 Å². The number of carbonyl (C=O) groups is 1. The summed E-state index contributed by atoms with van der Waals surface area (Å²) in [7, 11) is 0. The van der Waals surface area contributed by atoms with Crippen molar-refractivity contribution in [3.05, 3.63) is 47.0 Å². The van der Waals surface area contributed by atoms with Crippen molar-refractivity contribution in [2.45, 2.75) is 19.8 Å². The molecule has 2 amide bonds. The molecule has 2 heterocycles. The lowest BCUT2D eigenvalue weighted by Gasteiger charge is -2.15. The molecule has 0 aromatic heterocycles. The number of benzene rings is 2. The van der Waals surface area contributed by atoms with Crippen molar-refractivity contribution in [3.8, 4) is 11.5 Å². The van der Waals surface area contributed by atoms with Crippen LogP contribution in [0.2, 0.25) is 0 Å². The number of carbonyl (C=O) groups excluding carboxylic acids is 1. The molecule has 5 heteroatoms. The van der Waals surface area contributed by atoms with Crippen molar-refractivity contribution in [1.82, 2.24) is 0 Å². The summed E-state index contributed by atoms with van der Waals surface area (Å²) in [4.78, 5) is 12.4. The van der Waals surface area contributed by atoms with Gasteiger partial charge in [-0.25, -0.2) is 4.79 Å². The second kappa shape index (κ2) is 5.50. The van der Waals surface area contributed by atoms with Crippen LogP contribution in [0.1, 0.15) is 16.7 Å². The van der Waals surface area contributed by atoms with Crippen LogP contribution in [-0.4, -0.2) is 19.2 Å². The number of hydrogen-bond acceptors (Lipinski definition) is 3. The maximum absolute atomic E-state index is 12.4. The van der Waals surface area contributed by atoms with Crippen LogP contribution in [0, 0.1) is 6.92 Å². The van der Waals surface area contributed by atoms with E-state index in [4.69, 9.17) is 9.47 Å². The van der Waals surface area contributed by atoms with Gasteiger partial charge in [0.15, 0.2) is 0 Å². The quantitative estimate of drug-likeness (QED) is 0.892. The SMILES string of the molecule is Cc1ccccc1NC(=O)Nc1c2c(cc3c1OCC3)OCC2. The number of fused-ring (bicyclic) bond motifs is 2. The zero-order chi connectivity index (χ0) is 15.8. The highest BCUT2D eigenvalue weighted by molar-refractivity contribution is 6.02. The van der Waals surface area contributed by atoms with Crippen LogP contribution >= 0.6 is 0 Å². The molecule has 0 saturated heterocycles. The largest absolute Gasteiger partial charge is 0.493 e. The van der Waals surface area contributed by atoms with Crippen LogP contribution in [-0.2, 0) is 12.8 Å². The van der Waals surface area contributed by atoms with Crippen molar-refractivity contribution in [3.63, 3.8) is 0 Å². The molecule has 0 unspecified atom stereocenters. The van der Waals surface area contributed by atoms with Gasteiger partial charge >= 0.3 is 6.03 Å². The van der Waals surface area contributed by atoms with E-state index in [1.54, 1.807) is 0 Å². The van der Waals surface area contributed by atoms with E-state index < -0.39 is 0 Å². The predicted octanol–water partition coefficient (Wildman–Crippen LogP) is 3.51. The van der Waals surface area contributed by atoms with Crippen LogP contribution in [0.25, 0.3) is 0 Å². The smallest absolute Gasteiger partial charge is 0.323 e. The van der Waals surface area contributed by atoms with Gasteiger partial charge < -0.3 is 20.1 Å². The number of nitrogens with one attached hydrogen (secondary N) is 2. The average molecular weight is 310 g/mol. The molecule has 5 nitrogen and oxygen atoms in total. The van der Waals surface area contributed by atoms with Crippen LogP contribution in [0.5, 0.6) is 11.5 Å². The second-order valence-electron chi connectivity index (χ2n) is 5.81. The summed E-state index contributed by atoms with van der Waals surface area (Å²) in [5.74, 6) is 1.65. The molecule has 0 radical (unpaired) electrons. The van der Waals surface area contributed by atoms with E-state index in [-0.39, 0.29) is 6.03 Å². The summed E-state index contributed by atoms with van der Waals surface area (Å²) in [5.41, 5.74) is 4.68. The minimum atomic E-state index is -0.266. The Balaban J connectivity index is 1.62. The van der Waals surface area contributed by atoms with Gasteiger partial charge in [0.25, 0.3) is 0 Å². The second-order valence-corrected chi connectivity index (χ2v) is 5.81. The molecule has 2 N–H and O–H groups in total. The van der Waals surface area contributed by atoms with Gasteiger partial charge in [-0.2, -0.15) is 0 Å². The van der Waals surface area contributed by atoms with E-state index in [1.807, 2.05) is 37.3 Å². The van der Waals surface area contributed by atoms with Crippen LogP contribution in [0.4, 0.5) is 16.2 Å². The third-order valence-corrected chi connectivity index (χ3v) is 4.28. The first kappa shape index (κ1) is 13.9. The van der Waals surface area contributed by atoms with Gasteiger partial charge in [-0.05, 0) is 24.6 Å². The first-order valence-corrected chi connectivity index (χ1v) is 7.80. The Kier molecular flexibility index (Phi) is 3.33. The fourth-order valence-electron chi connectivity index (χ4n) is 3.10. The van der Waals surface area contributed by atoms with E-state index >= 15 is 0 Å². The molecule has 4 rings (SSSR count). The summed E-state index contributed by atoms with van der Waals surface area (Å²) in [6.07, 6.45) is 1.63. The molecular formula is C18H18N2O3. The molecule has 2 aromatic rings. The summed E-state index contributed by atoms with van der Waals surface area (Å²) < 4.78 is 11.4. The third kappa shape index (κ3) is 2.48. The van der Waals surface area contributed by atoms with Crippen molar-refractivity contribution in [1.29, 1.82) is 0 Å². The number of amides is 2. The first-order valence-electron chi connectivity index (χ1n) is 7.80. The molecule has 0 aliphatic carbocycles. The number of aryl methyl sites for hydroxylation is 1. The Morgan fingerprint density at radius 2 is 1.91 bits per heavy atom. The van der Waals surface area contributed by atoms with E-state index in [9.17, 15) is 4.79 Å². The van der Waals surface area contributed by atoms with Gasteiger partial charge in [0.2, 0.25) is 0 Å². The zero-order valence-corrected chi connectivity index (χ0v) is 12.9. The number of para-hydroxylation sites is 1. The molecular weight excluding hydrogens is 292 g/mol. The van der Waals surface area contributed by atoms with Crippen LogP contribution < -0.4 is 20.1 Å². The van der Waals surface area contributed by atoms with Crippen LogP contribution in [0.3, 0.4) is 0 Å². The van der Waals surface area contributed by atoms with Crippen molar-refractivity contribution >= 4 is 17.4 Å². The normalized spacial score (nSPS) is 14.5. The van der Waals surface area contributed by atoms with E-state index in [0.717, 1.165) is 52.4 Å². The molecule has 2 aliphatic heterocycles. The van der Waals surface area contributed by atoms with E-state index in [2.05, 4.69) is 10.6 Å². The Morgan fingerprint density at radius 1 is 1.09 bits per heavy atom. The molecule has 0 saturated carbocycles. The molecule has 0 fully saturated rings. The Bertz CT molecular complexity index is 754. The number of urea groups is 1. The monoisotopic (exact) mass is 310 g/mol. The zero-order valence-electron chi connectivity index (χ0n) is 12.9. The van der Waals surface area contributed by atoms with Gasteiger partial charge in [-0.15, -0.1) is 0 Å². The van der Waals surface area contributed by atoms with Gasteiger partial charge in [-0.1, -0.05) is 18.2 Å². The van der Waals surface area contributed by atoms with Crippen molar-refractivity contribution < 1.29 is 14.3 Å². The molecule has 0 bridgehead atoms. The maximum atomic E-state index is 12.4. The number of rotatable bonds is 2. The minimum Gasteiger partial charge on any atom is -0.493 e. The number of hydrogen-bond donors (Lipinski definition) is 2. The average Bonchev–Trinajstić information content (AvgIpc) is 3.18. The van der Waals surface area contributed by atoms with Gasteiger partial charge in [0.05, 0.1) is 18.9 Å². The van der Waals surface area contributed by atoms with Gasteiger partial charge in [0.1, 0.15) is 11.5 Å². The molecule has 2 aromatic carbocycles. The minimum absolute atomic E-state index is 0.266. The molecule has 118 valence electrons. The summed E-state index contributed by atoms with van der Waals surface area (Å²) in [6.45, 7) is 3.25. The highest BCUT2D eigenvalue weighted by Gasteiger charge is 2.27. The summed E-state index contributed by atoms with van der Waals surface area (Å²) >= 11 is 0. The van der Waals surface area contributed by atoms with Crippen molar-refractivity contribution in [2.24, 2.45) is 0 Å². The predicted molar refractivity (Wildman–Crippen MR) is 88.7 cm³/mol. The topological polar surface area (TPSA) is 59.6 Å². The third-order valence-electron chi connectivity index (χ3n) is 4.28. The number of ether oxygens (including phenoxy) is 2. The molecule has 23 heavy (non-hydrogen) atoms. The fraction of sp³-hybridized carbons (Fsp3) is 0.278. The summed E-state index contributed by atoms with van der Waals surface area (Å²) in [6, 6.07) is 9.46. The molecule has 2 aliphatic rings. The van der Waals surface area contributed by atoms with Gasteiger partial charge in [0, 0.05) is 29.7 Å². The van der Waals surface area contributed by atoms with E-state index in [0.29, 0.717) is 13.2 Å². The maximum Gasteiger partial charge on any atom is 0.323 e. The number of anilines is 2. The molecule has 0 spiro atoms. The Labute approximate surface area is 134 Å². The van der Waals surface area contributed by atoms with Gasteiger partial charge in [-0.3, -0.25) is 0 Å². The highest BCUT2D eigenvalue weighted by Crippen LogP contribution is 2.44. The standard InChI is InChI=1S/C18H18N2O3/c1-11-4-2-3-5-14(11)19-18(21)20-16-13-7-9-22-15(13)10-12-6-8-23-17(12)16/h2-5,10H,6-9H2,1H3,(H2,19,20,21). The Hall–Kier alpha value is -2.69. The Morgan fingerprint density at radius 3 is 2.78 bits per heavy atom. The fourth-order valence-corrected chi connectivity index (χ4v) is 3.10. The lowest BCUT2D eigenvalue weighted by molar-refractivity contribution is 0.262. The lowest BCUT2D eigenvalue weighted by Crippen LogP contribution is -2.21.